The van der Waals surface area contributed by atoms with Crippen molar-refractivity contribution >= 4 is 16.7 Å². The number of fused-ring (bicyclic) bond motifs is 2. The number of aromatic hydroxyl groups is 1. The average molecular weight is 703 g/mol. The molecule has 272 valence electrons. The van der Waals surface area contributed by atoms with Crippen LogP contribution in [0.5, 0.6) is 11.5 Å². The monoisotopic (exact) mass is 702 g/mol. The highest BCUT2D eigenvalue weighted by molar-refractivity contribution is 5.83. The van der Waals surface area contributed by atoms with Gasteiger partial charge in [0.1, 0.15) is 11.9 Å². The number of nitrogens with zero attached hydrogens (tertiary/aromatic N) is 1. The van der Waals surface area contributed by atoms with Crippen LogP contribution in [-0.2, 0) is 24.1 Å². The number of aromatic amines is 1. The molecule has 1 aliphatic heterocycles. The van der Waals surface area contributed by atoms with Crippen LogP contribution in [0, 0.1) is 11.8 Å². The lowest BCUT2D eigenvalue weighted by Gasteiger charge is -2.21. The zero-order chi connectivity index (χ0) is 36.5. The van der Waals surface area contributed by atoms with Crippen LogP contribution in [0.4, 0.5) is 0 Å². The van der Waals surface area contributed by atoms with E-state index in [0.717, 1.165) is 70.9 Å². The third-order valence-corrected chi connectivity index (χ3v) is 9.85. The number of H-pyrrole nitrogens is 1. The van der Waals surface area contributed by atoms with Gasteiger partial charge in [-0.25, -0.2) is 0 Å². The van der Waals surface area contributed by atoms with Gasteiger partial charge in [0.15, 0.2) is 17.7 Å². The molecule has 7 N–H and O–H groups in total. The zero-order valence-electron chi connectivity index (χ0n) is 29.9. The van der Waals surface area contributed by atoms with Gasteiger partial charge >= 0.3 is 0 Å². The van der Waals surface area contributed by atoms with Crippen molar-refractivity contribution in [2.24, 2.45) is 5.73 Å². The van der Waals surface area contributed by atoms with Crippen molar-refractivity contribution in [3.8, 4) is 23.3 Å². The number of carbonyl (C=O) groups excluding carboxylic acids is 1. The van der Waals surface area contributed by atoms with Crippen LogP contribution >= 0.6 is 0 Å². The van der Waals surface area contributed by atoms with Crippen molar-refractivity contribution in [2.75, 3.05) is 6.54 Å². The van der Waals surface area contributed by atoms with Gasteiger partial charge in [-0.15, -0.1) is 0 Å². The summed E-state index contributed by atoms with van der Waals surface area (Å²) in [6.07, 6.45) is 9.68. The number of carbonyl (C=O) groups is 1. The number of ether oxygens (including phenoxy) is 1. The molecule has 0 aliphatic carbocycles. The van der Waals surface area contributed by atoms with Gasteiger partial charge in [-0.1, -0.05) is 92.6 Å². The van der Waals surface area contributed by atoms with Crippen molar-refractivity contribution in [2.45, 2.75) is 95.7 Å². The van der Waals surface area contributed by atoms with E-state index in [1.807, 2.05) is 53.5 Å². The normalized spacial score (nSPS) is 16.7. The number of hydrogen-bond acceptors (Lipinski definition) is 7. The summed E-state index contributed by atoms with van der Waals surface area (Å²) >= 11 is 0. The third kappa shape index (κ3) is 9.52. The Kier molecular flexibility index (Phi) is 12.5. The molecule has 0 radical (unpaired) electrons. The Labute approximate surface area is 305 Å². The summed E-state index contributed by atoms with van der Waals surface area (Å²) in [5.74, 6) is 6.44. The predicted molar refractivity (Wildman–Crippen MR) is 204 cm³/mol. The molecule has 2 aromatic heterocycles. The van der Waals surface area contributed by atoms with Gasteiger partial charge < -0.3 is 35.3 Å². The summed E-state index contributed by atoms with van der Waals surface area (Å²) in [6, 6.07) is 21.3. The van der Waals surface area contributed by atoms with Crippen molar-refractivity contribution in [1.29, 1.82) is 0 Å². The number of Topliss-reactive ketones (excluding diaryl/α,β-unsaturated/α-hetero) is 1. The van der Waals surface area contributed by atoms with Crippen LogP contribution in [-0.4, -0.2) is 43.3 Å². The van der Waals surface area contributed by atoms with Crippen LogP contribution in [0.15, 0.2) is 85.3 Å². The van der Waals surface area contributed by atoms with Gasteiger partial charge in [0, 0.05) is 49.8 Å². The molecule has 2 bridgehead atoms. The molecule has 0 saturated carbocycles. The molecule has 3 aromatic carbocycles. The number of aromatic nitrogens is 2. The first-order valence-corrected chi connectivity index (χ1v) is 18.4. The quantitative estimate of drug-likeness (QED) is 0.0373. The summed E-state index contributed by atoms with van der Waals surface area (Å²) in [5.41, 5.74) is 13.3. The van der Waals surface area contributed by atoms with Gasteiger partial charge in [0.05, 0.1) is 24.2 Å². The first-order chi connectivity index (χ1) is 25.3. The smallest absolute Gasteiger partial charge is 0.186 e. The van der Waals surface area contributed by atoms with Gasteiger partial charge in [0.2, 0.25) is 0 Å². The second-order valence-electron chi connectivity index (χ2n) is 13.8. The van der Waals surface area contributed by atoms with Crippen molar-refractivity contribution in [1.82, 2.24) is 14.9 Å². The fourth-order valence-electron chi connectivity index (χ4n) is 6.84. The number of aliphatic hydroxyl groups excluding tert-OH is 2. The van der Waals surface area contributed by atoms with Crippen molar-refractivity contribution in [3.05, 3.63) is 119 Å². The first kappa shape index (κ1) is 36.9. The Bertz CT molecular complexity index is 2010. The van der Waals surface area contributed by atoms with Gasteiger partial charge in [-0.05, 0) is 64.8 Å². The number of unbranched alkanes of at least 4 members (excludes halogenated alkanes) is 2. The lowest BCUT2D eigenvalue weighted by Crippen LogP contribution is -2.30. The molecule has 9 nitrogen and oxygen atoms in total. The summed E-state index contributed by atoms with van der Waals surface area (Å²) in [6.45, 7) is 2.85. The van der Waals surface area contributed by atoms with Gasteiger partial charge in [-0.2, -0.15) is 0 Å². The molecule has 0 spiro atoms. The van der Waals surface area contributed by atoms with Crippen LogP contribution < -0.4 is 15.8 Å². The molecule has 0 fully saturated rings. The Hall–Kier alpha value is -4.85. The number of benzene rings is 3. The number of rotatable bonds is 16. The van der Waals surface area contributed by atoms with Crippen molar-refractivity contribution < 1.29 is 24.9 Å². The number of hydrogen-bond donors (Lipinski definition) is 6. The summed E-state index contributed by atoms with van der Waals surface area (Å²) in [5, 5.41) is 36.8. The Morgan fingerprint density at radius 1 is 1.06 bits per heavy atom. The molecule has 1 aliphatic rings. The predicted octanol–water partition coefficient (Wildman–Crippen LogP) is 6.91. The average Bonchev–Trinajstić information content (AvgIpc) is 3.73. The van der Waals surface area contributed by atoms with E-state index in [0.29, 0.717) is 25.7 Å². The number of ketones is 1. The molecule has 0 saturated heterocycles. The minimum absolute atomic E-state index is 0.0158. The summed E-state index contributed by atoms with van der Waals surface area (Å²) in [7, 11) is 0. The number of aryl methyl sites for hydroxylation is 1. The fourth-order valence-corrected chi connectivity index (χ4v) is 6.84. The van der Waals surface area contributed by atoms with Crippen molar-refractivity contribution in [3.63, 3.8) is 0 Å². The molecule has 4 unspecified atom stereocenters. The second kappa shape index (κ2) is 17.6. The SMILES string of the molecule is CCCCCC(O)CC(=O)CCc1ccc(O)c(OC2CC#CC(O)c3ccc(C(N)NCCc4ccccc4)cc3Cc3c[nH]c4cn2cc34)c1. The first-order valence-electron chi connectivity index (χ1n) is 18.4. The van der Waals surface area contributed by atoms with Crippen LogP contribution in [0.2, 0.25) is 0 Å². The van der Waals surface area contributed by atoms with E-state index in [1.165, 1.54) is 5.56 Å². The lowest BCUT2D eigenvalue weighted by atomic mass is 9.94. The maximum absolute atomic E-state index is 12.6. The topological polar surface area (TPSA) is 146 Å². The maximum atomic E-state index is 12.6. The molecule has 4 atom stereocenters. The van der Waals surface area contributed by atoms with Gasteiger partial charge in [-0.3, -0.25) is 10.1 Å². The highest BCUT2D eigenvalue weighted by Crippen LogP contribution is 2.34. The standard InChI is InChI=1S/C43H50N4O5/c1-2-3-5-11-34(48)25-35(49)17-14-30-15-19-40(51)41(22-30)52-42-13-8-12-39(50)36-18-16-31(43(44)45-21-20-29-9-6-4-7-10-29)23-32(36)24-33-26-46-38-28-47(42)27-37(33)38/h4,6-7,9-10,15-16,18-19,22-23,26-28,34,39,42-43,45-46,48,50-51H,2-3,5,11,13-14,17,20-21,24-25,44H2,1H3. The van der Waals surface area contributed by atoms with E-state index in [1.54, 1.807) is 18.2 Å². The highest BCUT2D eigenvalue weighted by Gasteiger charge is 2.21. The molecular formula is C43H50N4O5. The number of phenolic OH excluding ortho intramolecular Hbond substituents is 1. The number of nitrogens with two attached hydrogens (primary N) is 1. The van der Waals surface area contributed by atoms with E-state index in [4.69, 9.17) is 10.5 Å². The minimum Gasteiger partial charge on any atom is -0.504 e. The summed E-state index contributed by atoms with van der Waals surface area (Å²) in [4.78, 5) is 16.0. The van der Waals surface area contributed by atoms with E-state index >= 15 is 0 Å². The van der Waals surface area contributed by atoms with E-state index in [-0.39, 0.29) is 36.3 Å². The Morgan fingerprint density at radius 3 is 2.73 bits per heavy atom. The number of aliphatic hydroxyl groups is 2. The molecule has 52 heavy (non-hydrogen) atoms. The largest absolute Gasteiger partial charge is 0.504 e. The Morgan fingerprint density at radius 2 is 1.90 bits per heavy atom. The highest BCUT2D eigenvalue weighted by atomic mass is 16.5. The number of nitrogens with one attached hydrogen (secondary N) is 2. The van der Waals surface area contributed by atoms with Gasteiger partial charge in [0.25, 0.3) is 0 Å². The second-order valence-corrected chi connectivity index (χ2v) is 13.8. The number of phenols is 1. The van der Waals surface area contributed by atoms with Crippen LogP contribution in [0.1, 0.15) is 104 Å². The van der Waals surface area contributed by atoms with Crippen LogP contribution in [0.3, 0.4) is 0 Å². The van der Waals surface area contributed by atoms with E-state index in [9.17, 15) is 20.1 Å². The molecule has 9 heteroatoms. The minimum atomic E-state index is -1.02. The molecule has 0 amide bonds. The Balaban J connectivity index is 1.16. The fraction of sp³-hybridized carbons (Fsp3) is 0.372. The van der Waals surface area contributed by atoms with Crippen LogP contribution in [0.25, 0.3) is 10.9 Å². The lowest BCUT2D eigenvalue weighted by molar-refractivity contribution is -0.121. The zero-order valence-corrected chi connectivity index (χ0v) is 29.9. The van der Waals surface area contributed by atoms with E-state index in [2.05, 4.69) is 47.3 Å². The molecule has 5 aromatic rings. The molecular weight excluding hydrogens is 652 g/mol. The van der Waals surface area contributed by atoms with E-state index < -0.39 is 18.4 Å². The third-order valence-electron chi connectivity index (χ3n) is 9.85. The maximum Gasteiger partial charge on any atom is 0.186 e. The molecule has 3 heterocycles. The molecule has 6 rings (SSSR count). The summed E-state index contributed by atoms with van der Waals surface area (Å²) < 4.78 is 8.35.